The molecule has 0 saturated carbocycles. The first-order chi connectivity index (χ1) is 62.9. The van der Waals surface area contributed by atoms with Gasteiger partial charge in [-0.25, -0.2) is 0 Å². The van der Waals surface area contributed by atoms with Crippen LogP contribution in [-0.4, -0.2) is 38.2 Å². The number of rotatable bonds is 5. The molecule has 8 aromatic heterocycles. The predicted octanol–water partition coefficient (Wildman–Crippen LogP) is 29.9. The highest BCUT2D eigenvalue weighted by Gasteiger charge is 2.43. The van der Waals surface area contributed by atoms with Crippen molar-refractivity contribution in [3.8, 4) is 78.4 Å². The molecule has 4 aliphatic carbocycles. The lowest BCUT2D eigenvalue weighted by molar-refractivity contribution is 0.661. The first-order valence-corrected chi connectivity index (χ1v) is 43.7. The molecule has 0 spiro atoms. The molecule has 0 aliphatic heterocycles. The van der Waals surface area contributed by atoms with Gasteiger partial charge in [-0.15, -0.1) is 0 Å². The summed E-state index contributed by atoms with van der Waals surface area (Å²) >= 11 is 0. The van der Waals surface area contributed by atoms with Crippen molar-refractivity contribution in [2.75, 3.05) is 0 Å². The summed E-state index contributed by atoms with van der Waals surface area (Å²) < 4.78 is 35.0. The van der Waals surface area contributed by atoms with Crippen molar-refractivity contribution in [3.63, 3.8) is 0 Å². The lowest BCUT2D eigenvalue weighted by atomic mass is 9.81. The van der Waals surface area contributed by atoms with Gasteiger partial charge in [-0.2, -0.15) is 0 Å². The molecule has 126 heavy (non-hydrogen) atoms. The molecule has 0 saturated heterocycles. The van der Waals surface area contributed by atoms with Crippen molar-refractivity contribution in [2.45, 2.75) is 77.0 Å². The number of benzene rings is 15. The van der Waals surface area contributed by atoms with Gasteiger partial charge >= 0.3 is 0 Å². The Labute approximate surface area is 735 Å². The van der Waals surface area contributed by atoms with Gasteiger partial charge in [0.1, 0.15) is 0 Å². The normalized spacial score (nSPS) is 15.3. The summed E-state index contributed by atoms with van der Waals surface area (Å²) in [5, 5.41) is 9.63. The summed E-state index contributed by atoms with van der Waals surface area (Å²) in [5.41, 5.74) is 39.0. The Morgan fingerprint density at radius 3 is 1.12 bits per heavy atom. The first kappa shape index (κ1) is 71.2. The van der Waals surface area contributed by atoms with Crippen LogP contribution in [0.15, 0.2) is 389 Å². The third-order valence-corrected chi connectivity index (χ3v) is 27.8. The van der Waals surface area contributed by atoms with Crippen molar-refractivity contribution in [1.82, 2.24) is 38.2 Å². The van der Waals surface area contributed by atoms with Crippen LogP contribution in [0.1, 0.15) is 104 Å². The second-order valence-electron chi connectivity index (χ2n) is 35.9. The highest BCUT2D eigenvalue weighted by Crippen LogP contribution is 2.58. The minimum absolute atomic E-state index is 0.0632. The molecule has 600 valence electrons. The average Bonchev–Trinajstić information content (AvgIpc) is 1.55. The van der Waals surface area contributed by atoms with Gasteiger partial charge in [-0.1, -0.05) is 298 Å². The second kappa shape index (κ2) is 28.1. The van der Waals surface area contributed by atoms with Gasteiger partial charge in [0.25, 0.3) is 0 Å². The molecule has 0 N–H and O–H groups in total. The molecule has 0 radical (unpaired) electrons. The van der Waals surface area contributed by atoms with Gasteiger partial charge in [0.15, 0.2) is 0 Å². The van der Waals surface area contributed by atoms with E-state index in [1.165, 1.54) is 144 Å². The molecular weight excluding hydrogens is 1530 g/mol. The van der Waals surface area contributed by atoms with Crippen LogP contribution in [0.4, 0.5) is 0 Å². The van der Waals surface area contributed by atoms with E-state index in [-0.39, 0.29) is 16.2 Å². The smallest absolute Gasteiger partial charge is 0.0963 e. The summed E-state index contributed by atoms with van der Waals surface area (Å²) in [7, 11) is 0. The molecule has 1 unspecified atom stereocenters. The summed E-state index contributed by atoms with van der Waals surface area (Å²) in [6.45, 7) is 13.8. The Hall–Kier alpha value is -15.4. The summed E-state index contributed by atoms with van der Waals surface area (Å²) in [4.78, 5) is 19.2. The Morgan fingerprint density at radius 2 is 0.603 bits per heavy atom. The Kier molecular flexibility index (Phi) is 15.9. The van der Waals surface area contributed by atoms with E-state index >= 15 is 0 Å². The van der Waals surface area contributed by atoms with Crippen molar-refractivity contribution >= 4 is 109 Å². The number of pyridine rings is 4. The largest absolute Gasteiger partial charge is 0.308 e. The van der Waals surface area contributed by atoms with E-state index in [1.54, 1.807) is 6.20 Å². The molecule has 1 atom stereocenters. The maximum absolute atomic E-state index is 8.50. The third-order valence-electron chi connectivity index (χ3n) is 27.8. The lowest BCUT2D eigenvalue weighted by Crippen LogP contribution is -2.16. The topological polar surface area (TPSA) is 71.3 Å². The highest BCUT2D eigenvalue weighted by atomic mass is 15.0. The SMILES string of the molecule is CC1(C)c2ccccc2-c2ccc3c4ncccc4n(-c4ccc5ccccc5c4)c3c21.CC1(C)c2ccccc2-c2ccc3c4ncccc4n(-c4cccc5ccccc45)c3c21.CC1(C)c2ccccc2-c2ccc3c4ncccc4n(-c4ccccc4)c3c21.[2H]C([2H])([2H])C1(C)c2ccccc2-c2cc3c(cc21)c1ncccc1n3-c1ccc(-c2ccccc2)cc1. The predicted molar refractivity (Wildman–Crippen MR) is 525 cm³/mol. The van der Waals surface area contributed by atoms with E-state index in [4.69, 9.17) is 24.0 Å². The maximum atomic E-state index is 8.50. The minimum atomic E-state index is -2.19. The van der Waals surface area contributed by atoms with Gasteiger partial charge in [0.2, 0.25) is 0 Å². The highest BCUT2D eigenvalue weighted by molar-refractivity contribution is 6.16. The maximum Gasteiger partial charge on any atom is 0.0963 e. The number of nitrogens with zero attached hydrogens (tertiary/aromatic N) is 8. The number of fused-ring (bicyclic) bond motifs is 29. The molecular formula is C118H88N8. The van der Waals surface area contributed by atoms with Crippen molar-refractivity contribution in [3.05, 3.63) is 433 Å². The zero-order valence-corrected chi connectivity index (χ0v) is 71.0. The fourth-order valence-corrected chi connectivity index (χ4v) is 22.1. The van der Waals surface area contributed by atoms with Crippen LogP contribution in [0.5, 0.6) is 0 Å². The number of hydrogen-bond acceptors (Lipinski definition) is 4. The Morgan fingerprint density at radius 1 is 0.222 bits per heavy atom. The van der Waals surface area contributed by atoms with E-state index in [2.05, 4.69) is 357 Å². The van der Waals surface area contributed by atoms with Crippen LogP contribution in [-0.2, 0) is 21.7 Å². The van der Waals surface area contributed by atoms with E-state index in [1.807, 2.05) is 92.2 Å². The second-order valence-corrected chi connectivity index (χ2v) is 35.9. The van der Waals surface area contributed by atoms with Crippen molar-refractivity contribution in [1.29, 1.82) is 0 Å². The Bertz CT molecular complexity index is 8590. The molecule has 0 bridgehead atoms. The molecule has 4 aliphatic rings. The molecule has 8 heterocycles. The van der Waals surface area contributed by atoms with E-state index in [0.717, 1.165) is 88.5 Å². The van der Waals surface area contributed by atoms with E-state index in [9.17, 15) is 0 Å². The number of hydrogen-bond donors (Lipinski definition) is 0. The summed E-state index contributed by atoms with van der Waals surface area (Å²) in [6, 6.07) is 129. The molecule has 8 nitrogen and oxygen atoms in total. The molecule has 15 aromatic carbocycles. The standard InChI is InChI=1S/C32H24N2.2C30H22N2.C26H20N2/c1-32(2)27-12-7-6-11-24(27)25-20-30-26(19-28(25)32)31-29(13-8-18-33-31)34(30)23-16-14-22(15-17-23)21-9-4-3-5-10-21;1-30(2)24-13-6-5-12-21(24)22-16-17-23-28-26(15-8-18-31-28)32(29(23)27(22)30)25-14-7-10-19-9-3-4-11-20(19)25;1-30(2)25-11-6-5-10-22(25)23-15-16-24-28-26(12-7-17-31-28)32(29(24)27(23)30)21-14-13-19-8-3-4-9-20(19)18-21;1-26(2)21-12-7-6-11-18(21)19-14-15-20-24-22(13-8-16-27-24)28(25(20)23(19)26)17-9-4-3-5-10-17/h3-20H,1-2H3;2*3-18H,1-2H3;3-16H,1-2H3/i1D3;;;. The van der Waals surface area contributed by atoms with Gasteiger partial charge < -0.3 is 18.3 Å². The summed E-state index contributed by atoms with van der Waals surface area (Å²) in [5.74, 6) is 0. The van der Waals surface area contributed by atoms with Gasteiger partial charge in [-0.3, -0.25) is 19.9 Å². The van der Waals surface area contributed by atoms with E-state index in [0.29, 0.717) is 0 Å². The van der Waals surface area contributed by atoms with Crippen LogP contribution in [0.25, 0.3) is 188 Å². The Balaban J connectivity index is 0.0000000959. The van der Waals surface area contributed by atoms with Gasteiger partial charge in [-0.05, 0) is 238 Å². The summed E-state index contributed by atoms with van der Waals surface area (Å²) in [6.07, 6.45) is 7.50. The van der Waals surface area contributed by atoms with Crippen molar-refractivity contribution < 1.29 is 4.11 Å². The first-order valence-electron chi connectivity index (χ1n) is 45.2. The minimum Gasteiger partial charge on any atom is -0.308 e. The van der Waals surface area contributed by atoms with Gasteiger partial charge in [0, 0.05) is 94.6 Å². The van der Waals surface area contributed by atoms with Crippen LogP contribution < -0.4 is 0 Å². The van der Waals surface area contributed by atoms with Crippen LogP contribution in [0, 0.1) is 0 Å². The molecule has 0 fully saturated rings. The fourth-order valence-electron chi connectivity index (χ4n) is 22.1. The van der Waals surface area contributed by atoms with Crippen LogP contribution in [0.2, 0.25) is 0 Å². The zero-order valence-electron chi connectivity index (χ0n) is 74.0. The third kappa shape index (κ3) is 11.0. The van der Waals surface area contributed by atoms with E-state index < -0.39 is 12.3 Å². The average molecular weight is 1620 g/mol. The number of para-hydroxylation sites is 1. The number of aromatic nitrogens is 8. The molecule has 0 amide bonds. The monoisotopic (exact) mass is 1620 g/mol. The molecule has 27 rings (SSSR count). The van der Waals surface area contributed by atoms with Crippen LogP contribution in [0.3, 0.4) is 0 Å². The molecule has 23 aromatic rings. The van der Waals surface area contributed by atoms with Crippen molar-refractivity contribution in [2.24, 2.45) is 0 Å². The molecule has 8 heteroatoms. The lowest BCUT2D eigenvalue weighted by Gasteiger charge is -2.24. The fraction of sp³-hybridized carbons (Fsp3) is 0.102. The quantitative estimate of drug-likeness (QED) is 0.172. The van der Waals surface area contributed by atoms with Gasteiger partial charge in [0.05, 0.1) is 71.9 Å². The van der Waals surface area contributed by atoms with Crippen LogP contribution >= 0.6 is 0 Å². The zero-order chi connectivity index (χ0) is 87.1.